The summed E-state index contributed by atoms with van der Waals surface area (Å²) in [6.45, 7) is 1.89. The number of thioether (sulfide) groups is 1. The first-order chi connectivity index (χ1) is 7.24. The predicted molar refractivity (Wildman–Crippen MR) is 62.9 cm³/mol. The highest BCUT2D eigenvalue weighted by molar-refractivity contribution is 8.00. The Morgan fingerprint density at radius 2 is 2.27 bits per heavy atom. The quantitative estimate of drug-likeness (QED) is 0.830. The monoisotopic (exact) mass is 238 g/mol. The highest BCUT2D eigenvalue weighted by atomic mass is 32.2. The number of nitrogens with zero attached hydrogens (tertiary/aromatic N) is 3. The first-order valence-corrected chi connectivity index (χ1v) is 6.14. The number of rotatable bonds is 3. The summed E-state index contributed by atoms with van der Waals surface area (Å²) in [7, 11) is 0. The van der Waals surface area contributed by atoms with Crippen LogP contribution in [0.15, 0.2) is 22.5 Å². The van der Waals surface area contributed by atoms with Crippen molar-refractivity contribution in [1.29, 1.82) is 0 Å². The molecule has 15 heavy (non-hydrogen) atoms. The minimum absolute atomic E-state index is 0.557. The standard InChI is InChI=1S/C9H10N4S2/c1-6-11-9(15-13-6)14-5-7-3-2-4-8(10)12-7/h2-4H,5H2,1H3,(H2,10,12). The maximum absolute atomic E-state index is 5.59. The van der Waals surface area contributed by atoms with Crippen LogP contribution in [-0.4, -0.2) is 14.3 Å². The van der Waals surface area contributed by atoms with Gasteiger partial charge in [-0.2, -0.15) is 4.37 Å². The molecule has 0 amide bonds. The number of aromatic nitrogens is 3. The van der Waals surface area contributed by atoms with E-state index in [2.05, 4.69) is 14.3 Å². The van der Waals surface area contributed by atoms with E-state index in [9.17, 15) is 0 Å². The van der Waals surface area contributed by atoms with Gasteiger partial charge in [0.1, 0.15) is 11.6 Å². The lowest BCUT2D eigenvalue weighted by Gasteiger charge is -1.98. The van der Waals surface area contributed by atoms with Crippen LogP contribution in [0.1, 0.15) is 11.5 Å². The lowest BCUT2D eigenvalue weighted by molar-refractivity contribution is 1.10. The number of pyridine rings is 1. The Morgan fingerprint density at radius 3 is 2.93 bits per heavy atom. The second-order valence-electron chi connectivity index (χ2n) is 2.95. The molecule has 0 saturated carbocycles. The molecule has 0 aliphatic carbocycles. The molecular formula is C9H10N4S2. The van der Waals surface area contributed by atoms with E-state index in [0.29, 0.717) is 5.82 Å². The smallest absolute Gasteiger partial charge is 0.170 e. The Balaban J connectivity index is 1.99. The van der Waals surface area contributed by atoms with Gasteiger partial charge >= 0.3 is 0 Å². The fourth-order valence-electron chi connectivity index (χ4n) is 1.05. The predicted octanol–water partition coefficient (Wildman–Crippen LogP) is 2.12. The van der Waals surface area contributed by atoms with Crippen LogP contribution in [0, 0.1) is 6.92 Å². The largest absolute Gasteiger partial charge is 0.384 e. The second-order valence-corrected chi connectivity index (χ2v) is 4.92. The number of aryl methyl sites for hydroxylation is 1. The van der Waals surface area contributed by atoms with Crippen LogP contribution >= 0.6 is 23.3 Å². The highest BCUT2D eigenvalue weighted by Crippen LogP contribution is 2.23. The van der Waals surface area contributed by atoms with Crippen molar-refractivity contribution in [2.75, 3.05) is 5.73 Å². The number of hydrogen-bond acceptors (Lipinski definition) is 6. The van der Waals surface area contributed by atoms with Crippen LogP contribution in [0.3, 0.4) is 0 Å². The fraction of sp³-hybridized carbons (Fsp3) is 0.222. The molecule has 2 heterocycles. The molecule has 4 nitrogen and oxygen atoms in total. The summed E-state index contributed by atoms with van der Waals surface area (Å²) >= 11 is 3.05. The van der Waals surface area contributed by atoms with Gasteiger partial charge in [-0.05, 0) is 30.6 Å². The molecule has 0 radical (unpaired) electrons. The van der Waals surface area contributed by atoms with Crippen molar-refractivity contribution < 1.29 is 0 Å². The third-order valence-corrected chi connectivity index (χ3v) is 3.64. The summed E-state index contributed by atoms with van der Waals surface area (Å²) in [6, 6.07) is 5.64. The van der Waals surface area contributed by atoms with E-state index in [1.165, 1.54) is 11.5 Å². The minimum Gasteiger partial charge on any atom is -0.384 e. The number of anilines is 1. The summed E-state index contributed by atoms with van der Waals surface area (Å²) in [5.41, 5.74) is 6.55. The molecule has 0 atom stereocenters. The zero-order valence-corrected chi connectivity index (χ0v) is 9.81. The maximum Gasteiger partial charge on any atom is 0.170 e. The van der Waals surface area contributed by atoms with E-state index >= 15 is 0 Å². The van der Waals surface area contributed by atoms with Crippen molar-refractivity contribution in [3.8, 4) is 0 Å². The van der Waals surface area contributed by atoms with E-state index in [1.807, 2.05) is 19.1 Å². The molecule has 0 saturated heterocycles. The number of nitrogen functional groups attached to an aromatic ring is 1. The van der Waals surface area contributed by atoms with Crippen molar-refractivity contribution in [1.82, 2.24) is 14.3 Å². The van der Waals surface area contributed by atoms with Crippen LogP contribution in [0.5, 0.6) is 0 Å². The van der Waals surface area contributed by atoms with Gasteiger partial charge in [0.15, 0.2) is 4.34 Å². The molecule has 0 fully saturated rings. The minimum atomic E-state index is 0.557. The average molecular weight is 238 g/mol. The van der Waals surface area contributed by atoms with Crippen LogP contribution in [0.2, 0.25) is 0 Å². The van der Waals surface area contributed by atoms with Crippen molar-refractivity contribution in [2.24, 2.45) is 0 Å². The molecule has 0 unspecified atom stereocenters. The Labute approximate surface area is 96.1 Å². The Bertz CT molecular complexity index is 455. The lowest BCUT2D eigenvalue weighted by Crippen LogP contribution is -1.93. The zero-order chi connectivity index (χ0) is 10.7. The molecule has 0 aliphatic heterocycles. The summed E-state index contributed by atoms with van der Waals surface area (Å²) in [4.78, 5) is 8.47. The number of nitrogens with two attached hydrogens (primary N) is 1. The van der Waals surface area contributed by atoms with Gasteiger partial charge in [-0.3, -0.25) is 0 Å². The van der Waals surface area contributed by atoms with Crippen molar-refractivity contribution in [3.63, 3.8) is 0 Å². The third-order valence-electron chi connectivity index (χ3n) is 1.68. The van der Waals surface area contributed by atoms with E-state index in [0.717, 1.165) is 21.6 Å². The van der Waals surface area contributed by atoms with Crippen LogP contribution in [-0.2, 0) is 5.75 Å². The van der Waals surface area contributed by atoms with Crippen LogP contribution in [0.4, 0.5) is 5.82 Å². The van der Waals surface area contributed by atoms with Gasteiger partial charge in [-0.1, -0.05) is 17.8 Å². The molecule has 0 spiro atoms. The summed E-state index contributed by atoms with van der Waals surface area (Å²) in [6.07, 6.45) is 0. The Hall–Kier alpha value is -1.14. The van der Waals surface area contributed by atoms with Gasteiger partial charge in [0, 0.05) is 5.75 Å². The highest BCUT2D eigenvalue weighted by Gasteiger charge is 2.02. The first-order valence-electron chi connectivity index (χ1n) is 4.38. The molecule has 0 bridgehead atoms. The molecule has 2 aromatic rings. The Kier molecular flexibility index (Phi) is 3.17. The summed E-state index contributed by atoms with van der Waals surface area (Å²) in [5, 5.41) is 0. The van der Waals surface area contributed by atoms with E-state index in [4.69, 9.17) is 5.73 Å². The van der Waals surface area contributed by atoms with E-state index in [1.54, 1.807) is 17.8 Å². The molecule has 2 rings (SSSR count). The van der Waals surface area contributed by atoms with Gasteiger partial charge in [0.25, 0.3) is 0 Å². The normalized spacial score (nSPS) is 10.5. The number of hydrogen-bond donors (Lipinski definition) is 1. The second kappa shape index (κ2) is 4.59. The van der Waals surface area contributed by atoms with Crippen molar-refractivity contribution in [2.45, 2.75) is 17.0 Å². The van der Waals surface area contributed by atoms with Gasteiger partial charge in [-0.25, -0.2) is 9.97 Å². The summed E-state index contributed by atoms with van der Waals surface area (Å²) < 4.78 is 5.08. The van der Waals surface area contributed by atoms with Gasteiger partial charge < -0.3 is 5.73 Å². The fourth-order valence-corrected chi connectivity index (χ4v) is 2.60. The molecule has 2 N–H and O–H groups in total. The summed E-state index contributed by atoms with van der Waals surface area (Å²) in [5.74, 6) is 2.16. The topological polar surface area (TPSA) is 64.7 Å². The average Bonchev–Trinajstić information content (AvgIpc) is 2.62. The first kappa shape index (κ1) is 10.4. The van der Waals surface area contributed by atoms with Gasteiger partial charge in [0.05, 0.1) is 5.69 Å². The Morgan fingerprint density at radius 1 is 1.40 bits per heavy atom. The molecule has 78 valence electrons. The molecular weight excluding hydrogens is 228 g/mol. The maximum atomic E-state index is 5.59. The van der Waals surface area contributed by atoms with Gasteiger partial charge in [-0.15, -0.1) is 0 Å². The zero-order valence-electron chi connectivity index (χ0n) is 8.17. The third kappa shape index (κ3) is 2.90. The van der Waals surface area contributed by atoms with Crippen LogP contribution in [0.25, 0.3) is 0 Å². The van der Waals surface area contributed by atoms with Crippen molar-refractivity contribution >= 4 is 29.1 Å². The van der Waals surface area contributed by atoms with E-state index < -0.39 is 0 Å². The van der Waals surface area contributed by atoms with Crippen molar-refractivity contribution in [3.05, 3.63) is 29.7 Å². The van der Waals surface area contributed by atoms with Crippen LogP contribution < -0.4 is 5.73 Å². The van der Waals surface area contributed by atoms with E-state index in [-0.39, 0.29) is 0 Å². The lowest BCUT2D eigenvalue weighted by atomic mass is 10.4. The molecule has 0 aromatic carbocycles. The van der Waals surface area contributed by atoms with Gasteiger partial charge in [0.2, 0.25) is 0 Å². The molecule has 2 aromatic heterocycles. The SMILES string of the molecule is Cc1nsc(SCc2cccc(N)n2)n1. The molecule has 6 heteroatoms. The molecule has 0 aliphatic rings.